The van der Waals surface area contributed by atoms with Gasteiger partial charge in [0.1, 0.15) is 0 Å². The highest BCUT2D eigenvalue weighted by Gasteiger charge is 2.35. The molecule has 1 aromatic carbocycles. The molecule has 0 aromatic heterocycles. The Hall–Kier alpha value is -1.26. The van der Waals surface area contributed by atoms with Crippen LogP contribution in [0, 0.1) is 0 Å². The number of nitrogens with zero attached hydrogens (tertiary/aromatic N) is 2. The van der Waals surface area contributed by atoms with Gasteiger partial charge in [0.25, 0.3) is 0 Å². The summed E-state index contributed by atoms with van der Waals surface area (Å²) in [5, 5.41) is 9.77. The minimum atomic E-state index is 0.00487. The maximum Gasteiger partial charge on any atom is 0.223 e. The van der Waals surface area contributed by atoms with E-state index in [-0.39, 0.29) is 12.5 Å². The molecule has 0 bridgehead atoms. The zero-order chi connectivity index (χ0) is 13.4. The van der Waals surface area contributed by atoms with Crippen molar-refractivity contribution in [3.63, 3.8) is 0 Å². The molecule has 1 atom stereocenters. The number of carbonyl (C=O) groups excluding carboxylic acids is 1. The van der Waals surface area contributed by atoms with Crippen LogP contribution in [0.3, 0.4) is 0 Å². The second-order valence-corrected chi connectivity index (χ2v) is 5.58. The number of halogens is 1. The molecule has 0 saturated carbocycles. The Balaban J connectivity index is 1.79. The van der Waals surface area contributed by atoms with Crippen LogP contribution in [0.5, 0.6) is 0 Å². The van der Waals surface area contributed by atoms with Gasteiger partial charge in [0.05, 0.1) is 17.3 Å². The number of piperazine rings is 1. The minimum absolute atomic E-state index is 0.00487. The van der Waals surface area contributed by atoms with Crippen molar-refractivity contribution in [1.82, 2.24) is 4.90 Å². The summed E-state index contributed by atoms with van der Waals surface area (Å²) in [5.41, 5.74) is 1.82. The average Bonchev–Trinajstić information content (AvgIpc) is 2.79. The monoisotopic (exact) mass is 280 g/mol. The number of aliphatic hydroxyl groups is 1. The van der Waals surface area contributed by atoms with E-state index >= 15 is 0 Å². The molecule has 5 heteroatoms. The maximum absolute atomic E-state index is 11.7. The molecule has 1 aromatic rings. The van der Waals surface area contributed by atoms with E-state index in [2.05, 4.69) is 4.90 Å². The Labute approximate surface area is 117 Å². The lowest BCUT2D eigenvalue weighted by atomic mass is 10.1. The quantitative estimate of drug-likeness (QED) is 0.896. The van der Waals surface area contributed by atoms with Gasteiger partial charge in [-0.2, -0.15) is 0 Å². The first-order chi connectivity index (χ1) is 9.19. The number of amides is 1. The highest BCUT2D eigenvalue weighted by atomic mass is 35.5. The van der Waals surface area contributed by atoms with Gasteiger partial charge in [-0.05, 0) is 24.1 Å². The summed E-state index contributed by atoms with van der Waals surface area (Å²) in [7, 11) is 0. The van der Waals surface area contributed by atoms with Gasteiger partial charge in [0.15, 0.2) is 0 Å². The van der Waals surface area contributed by atoms with Crippen molar-refractivity contribution in [1.29, 1.82) is 0 Å². The minimum Gasteiger partial charge on any atom is -0.392 e. The molecule has 102 valence electrons. The van der Waals surface area contributed by atoms with Crippen LogP contribution in [-0.4, -0.2) is 41.6 Å². The zero-order valence-electron chi connectivity index (χ0n) is 10.7. The molecule has 2 aliphatic heterocycles. The van der Waals surface area contributed by atoms with Gasteiger partial charge >= 0.3 is 0 Å². The summed E-state index contributed by atoms with van der Waals surface area (Å²) < 4.78 is 0. The molecule has 4 nitrogen and oxygen atoms in total. The van der Waals surface area contributed by atoms with Crippen LogP contribution in [0.4, 0.5) is 5.69 Å². The normalized spacial score (nSPS) is 22.8. The van der Waals surface area contributed by atoms with Crippen LogP contribution in [0.25, 0.3) is 0 Å². The van der Waals surface area contributed by atoms with E-state index in [9.17, 15) is 4.79 Å². The lowest BCUT2D eigenvalue weighted by molar-refractivity contribution is -0.129. The first-order valence-corrected chi connectivity index (χ1v) is 7.00. The van der Waals surface area contributed by atoms with E-state index < -0.39 is 0 Å². The smallest absolute Gasteiger partial charge is 0.223 e. The maximum atomic E-state index is 11.7. The number of aliphatic hydroxyl groups excluding tert-OH is 1. The van der Waals surface area contributed by atoms with Crippen molar-refractivity contribution in [2.45, 2.75) is 25.5 Å². The third kappa shape index (κ3) is 2.30. The van der Waals surface area contributed by atoms with Gasteiger partial charge in [-0.15, -0.1) is 0 Å². The zero-order valence-corrected chi connectivity index (χ0v) is 11.4. The van der Waals surface area contributed by atoms with Crippen LogP contribution < -0.4 is 4.90 Å². The number of hydrogen-bond donors (Lipinski definition) is 1. The predicted octanol–water partition coefficient (Wildman–Crippen LogP) is 1.64. The molecular weight excluding hydrogens is 264 g/mol. The summed E-state index contributed by atoms with van der Waals surface area (Å²) in [6.07, 6.45) is 1.62. The summed E-state index contributed by atoms with van der Waals surface area (Å²) >= 11 is 6.28. The van der Waals surface area contributed by atoms with E-state index in [0.29, 0.717) is 17.5 Å². The molecule has 2 fully saturated rings. The van der Waals surface area contributed by atoms with Crippen LogP contribution in [0.15, 0.2) is 18.2 Å². The topological polar surface area (TPSA) is 43.8 Å². The first-order valence-electron chi connectivity index (χ1n) is 6.63. The Kier molecular flexibility index (Phi) is 3.37. The van der Waals surface area contributed by atoms with E-state index in [0.717, 1.165) is 37.3 Å². The van der Waals surface area contributed by atoms with Crippen molar-refractivity contribution >= 4 is 23.2 Å². The molecule has 1 N–H and O–H groups in total. The molecule has 19 heavy (non-hydrogen) atoms. The fourth-order valence-corrected chi connectivity index (χ4v) is 3.31. The standard InChI is InChI=1S/C14H17ClN2O2/c15-12-7-10(9-18)1-3-13(12)16-5-6-17-11(8-16)2-4-14(17)19/h1,3,7,11,18H,2,4-6,8-9H2. The molecule has 0 aliphatic carbocycles. The van der Waals surface area contributed by atoms with Crippen molar-refractivity contribution in [2.75, 3.05) is 24.5 Å². The highest BCUT2D eigenvalue weighted by Crippen LogP contribution is 2.31. The summed E-state index contributed by atoms with van der Waals surface area (Å²) in [4.78, 5) is 15.9. The molecule has 1 amide bonds. The Morgan fingerprint density at radius 1 is 1.37 bits per heavy atom. The average molecular weight is 281 g/mol. The molecule has 2 saturated heterocycles. The number of hydrogen-bond acceptors (Lipinski definition) is 3. The molecular formula is C14H17ClN2O2. The van der Waals surface area contributed by atoms with Crippen LogP contribution >= 0.6 is 11.6 Å². The summed E-state index contributed by atoms with van der Waals surface area (Å²) in [6, 6.07) is 5.99. The van der Waals surface area contributed by atoms with Crippen molar-refractivity contribution in [2.24, 2.45) is 0 Å². The summed E-state index contributed by atoms with van der Waals surface area (Å²) in [6.45, 7) is 2.46. The van der Waals surface area contributed by atoms with Gasteiger partial charge in [0, 0.05) is 32.1 Å². The fourth-order valence-electron chi connectivity index (χ4n) is 2.99. The highest BCUT2D eigenvalue weighted by molar-refractivity contribution is 6.33. The number of benzene rings is 1. The van der Waals surface area contributed by atoms with Crippen LogP contribution in [0.2, 0.25) is 5.02 Å². The number of anilines is 1. The molecule has 1 unspecified atom stereocenters. The van der Waals surface area contributed by atoms with Crippen LogP contribution in [-0.2, 0) is 11.4 Å². The molecule has 2 heterocycles. The Bertz CT molecular complexity index is 506. The van der Waals surface area contributed by atoms with Crippen molar-refractivity contribution < 1.29 is 9.90 Å². The van der Waals surface area contributed by atoms with Crippen LogP contribution in [0.1, 0.15) is 18.4 Å². The molecule has 0 spiro atoms. The second kappa shape index (κ2) is 5.02. The Morgan fingerprint density at radius 3 is 2.95 bits per heavy atom. The van der Waals surface area contributed by atoms with Gasteiger partial charge in [-0.1, -0.05) is 17.7 Å². The van der Waals surface area contributed by atoms with E-state index in [4.69, 9.17) is 16.7 Å². The molecule has 0 radical (unpaired) electrons. The third-order valence-electron chi connectivity index (χ3n) is 4.03. The number of fused-ring (bicyclic) bond motifs is 1. The SMILES string of the molecule is O=C1CCC2CN(c3ccc(CO)cc3Cl)CCN12. The van der Waals surface area contributed by atoms with Crippen molar-refractivity contribution in [3.05, 3.63) is 28.8 Å². The largest absolute Gasteiger partial charge is 0.392 e. The van der Waals surface area contributed by atoms with Gasteiger partial charge in [0.2, 0.25) is 5.91 Å². The van der Waals surface area contributed by atoms with Gasteiger partial charge < -0.3 is 14.9 Å². The number of rotatable bonds is 2. The summed E-state index contributed by atoms with van der Waals surface area (Å²) in [5.74, 6) is 0.284. The third-order valence-corrected chi connectivity index (χ3v) is 4.33. The lowest BCUT2D eigenvalue weighted by Gasteiger charge is -2.39. The van der Waals surface area contributed by atoms with E-state index in [1.807, 2.05) is 23.1 Å². The molecule has 3 rings (SSSR count). The van der Waals surface area contributed by atoms with Crippen molar-refractivity contribution in [3.8, 4) is 0 Å². The second-order valence-electron chi connectivity index (χ2n) is 5.17. The van der Waals surface area contributed by atoms with E-state index in [1.165, 1.54) is 0 Å². The van der Waals surface area contributed by atoms with Gasteiger partial charge in [-0.25, -0.2) is 0 Å². The van der Waals surface area contributed by atoms with Gasteiger partial charge in [-0.3, -0.25) is 4.79 Å². The lowest BCUT2D eigenvalue weighted by Crippen LogP contribution is -2.51. The Morgan fingerprint density at radius 2 is 2.21 bits per heavy atom. The number of carbonyl (C=O) groups is 1. The predicted molar refractivity (Wildman–Crippen MR) is 74.3 cm³/mol. The first kappa shape index (κ1) is 12.8. The molecule has 2 aliphatic rings. The fraction of sp³-hybridized carbons (Fsp3) is 0.500. The van der Waals surface area contributed by atoms with E-state index in [1.54, 1.807) is 0 Å².